The van der Waals surface area contributed by atoms with E-state index in [2.05, 4.69) is 9.97 Å². The first-order valence-corrected chi connectivity index (χ1v) is 8.10. The number of primary amides is 1. The Morgan fingerprint density at radius 1 is 1.21 bits per heavy atom. The van der Waals surface area contributed by atoms with Crippen molar-refractivity contribution in [2.75, 3.05) is 4.90 Å². The van der Waals surface area contributed by atoms with Gasteiger partial charge < -0.3 is 5.73 Å². The molecule has 0 fully saturated rings. The van der Waals surface area contributed by atoms with Crippen molar-refractivity contribution in [1.29, 1.82) is 0 Å². The summed E-state index contributed by atoms with van der Waals surface area (Å²) in [6, 6.07) is 1.25. The number of rotatable bonds is 3. The van der Waals surface area contributed by atoms with Crippen LogP contribution in [0.5, 0.6) is 0 Å². The quantitative estimate of drug-likeness (QED) is 0.481. The Balaban J connectivity index is 2.29. The first-order chi connectivity index (χ1) is 13.1. The molecule has 0 saturated heterocycles. The number of carbonyl (C=O) groups excluding carboxylic acids is 1. The summed E-state index contributed by atoms with van der Waals surface area (Å²) >= 11 is 0. The Bertz CT molecular complexity index is 964. The number of fused-ring (bicyclic) bond motifs is 1. The summed E-state index contributed by atoms with van der Waals surface area (Å²) in [5.74, 6) is -2.10. The Kier molecular flexibility index (Phi) is 4.87. The van der Waals surface area contributed by atoms with E-state index >= 15 is 0 Å². The van der Waals surface area contributed by atoms with E-state index in [1.807, 2.05) is 0 Å². The first kappa shape index (κ1) is 19.5. The molecule has 0 spiro atoms. The van der Waals surface area contributed by atoms with Crippen LogP contribution in [-0.2, 0) is 19.0 Å². The van der Waals surface area contributed by atoms with E-state index in [1.54, 1.807) is 0 Å². The number of amides is 2. The van der Waals surface area contributed by atoms with Gasteiger partial charge in [0.25, 0.3) is 5.69 Å². The van der Waals surface area contributed by atoms with E-state index < -0.39 is 46.0 Å². The summed E-state index contributed by atoms with van der Waals surface area (Å²) in [7, 11) is 0. The number of para-hydroxylation sites is 1. The number of aryl methyl sites for hydroxylation is 1. The van der Waals surface area contributed by atoms with Gasteiger partial charge in [0.1, 0.15) is 0 Å². The molecule has 148 valence electrons. The van der Waals surface area contributed by atoms with Gasteiger partial charge >= 0.3 is 12.2 Å². The van der Waals surface area contributed by atoms with Gasteiger partial charge in [0, 0.05) is 17.3 Å². The molecule has 0 saturated carbocycles. The van der Waals surface area contributed by atoms with E-state index in [9.17, 15) is 32.5 Å². The highest BCUT2D eigenvalue weighted by Gasteiger charge is 2.40. The maximum Gasteiger partial charge on any atom is 0.433 e. The van der Waals surface area contributed by atoms with Crippen LogP contribution in [0.4, 0.5) is 39.7 Å². The standard InChI is InChI=1S/C16H13F4N5O3/c17-9-5-3-7-11(25(27)28)12(9)24(14(21)26)15-22-10-6-2-1-4-8(10)13(23-15)16(18,19)20/h3,5,7H,1-2,4,6H2,(H2,21,26). The maximum absolute atomic E-state index is 14.3. The maximum atomic E-state index is 14.3. The summed E-state index contributed by atoms with van der Waals surface area (Å²) in [6.45, 7) is 0. The molecule has 2 amide bonds. The molecule has 8 nitrogen and oxygen atoms in total. The SMILES string of the molecule is NC(=O)N(c1nc2c(c(C(F)(F)F)n1)CCCC2)c1c(F)cccc1[N+](=O)[O-]. The number of hydrogen-bond acceptors (Lipinski definition) is 5. The van der Waals surface area contributed by atoms with E-state index in [4.69, 9.17) is 5.73 Å². The predicted molar refractivity (Wildman–Crippen MR) is 88.5 cm³/mol. The average molecular weight is 399 g/mol. The normalized spacial score (nSPS) is 13.7. The van der Waals surface area contributed by atoms with E-state index in [-0.39, 0.29) is 29.0 Å². The molecule has 12 heteroatoms. The summed E-state index contributed by atoms with van der Waals surface area (Å²) in [5.41, 5.74) is 2.10. The van der Waals surface area contributed by atoms with Crippen molar-refractivity contribution < 1.29 is 27.3 Å². The van der Waals surface area contributed by atoms with Crippen LogP contribution in [-0.4, -0.2) is 20.9 Å². The molecular weight excluding hydrogens is 386 g/mol. The molecule has 2 aromatic rings. The summed E-state index contributed by atoms with van der Waals surface area (Å²) in [5, 5.41) is 11.2. The highest BCUT2D eigenvalue weighted by atomic mass is 19.4. The number of alkyl halides is 3. The molecule has 0 aliphatic heterocycles. The van der Waals surface area contributed by atoms with Gasteiger partial charge in [-0.25, -0.2) is 24.1 Å². The fraction of sp³-hybridized carbons (Fsp3) is 0.312. The van der Waals surface area contributed by atoms with Crippen LogP contribution in [0, 0.1) is 15.9 Å². The third-order valence-electron chi connectivity index (χ3n) is 4.25. The predicted octanol–water partition coefficient (Wildman–Crippen LogP) is 3.64. The van der Waals surface area contributed by atoms with Crippen LogP contribution < -0.4 is 10.6 Å². The Morgan fingerprint density at radius 2 is 1.89 bits per heavy atom. The van der Waals surface area contributed by atoms with Crippen LogP contribution in [0.2, 0.25) is 0 Å². The van der Waals surface area contributed by atoms with E-state index in [0.29, 0.717) is 12.8 Å². The van der Waals surface area contributed by atoms with E-state index in [0.717, 1.165) is 18.2 Å². The second-order valence-corrected chi connectivity index (χ2v) is 6.04. The second kappa shape index (κ2) is 7.02. The fourth-order valence-electron chi connectivity index (χ4n) is 3.10. The van der Waals surface area contributed by atoms with Crippen molar-refractivity contribution in [3.63, 3.8) is 0 Å². The summed E-state index contributed by atoms with van der Waals surface area (Å²) < 4.78 is 54.9. The lowest BCUT2D eigenvalue weighted by molar-refractivity contribution is -0.384. The molecule has 0 unspecified atom stereocenters. The zero-order valence-corrected chi connectivity index (χ0v) is 14.2. The number of halogens is 4. The van der Waals surface area contributed by atoms with Gasteiger partial charge in [-0.15, -0.1) is 0 Å². The number of aromatic nitrogens is 2. The van der Waals surface area contributed by atoms with Crippen LogP contribution >= 0.6 is 0 Å². The fourth-order valence-corrected chi connectivity index (χ4v) is 3.10. The molecule has 0 atom stereocenters. The molecule has 3 rings (SSSR count). The molecule has 1 aromatic carbocycles. The molecule has 2 N–H and O–H groups in total. The molecule has 1 heterocycles. The lowest BCUT2D eigenvalue weighted by atomic mass is 9.94. The highest BCUT2D eigenvalue weighted by Crippen LogP contribution is 2.39. The number of anilines is 2. The van der Waals surface area contributed by atoms with Gasteiger partial charge in [-0.3, -0.25) is 10.1 Å². The average Bonchev–Trinajstić information content (AvgIpc) is 2.61. The third-order valence-corrected chi connectivity index (χ3v) is 4.25. The topological polar surface area (TPSA) is 115 Å². The lowest BCUT2D eigenvalue weighted by Crippen LogP contribution is -2.35. The van der Waals surface area contributed by atoms with Crippen molar-refractivity contribution in [2.24, 2.45) is 5.73 Å². The number of nitro benzene ring substituents is 1. The number of urea groups is 1. The van der Waals surface area contributed by atoms with Crippen LogP contribution in [0.1, 0.15) is 29.8 Å². The first-order valence-electron chi connectivity index (χ1n) is 8.10. The Hall–Kier alpha value is -3.31. The Morgan fingerprint density at radius 3 is 2.50 bits per heavy atom. The number of nitrogens with two attached hydrogens (primary N) is 1. The Labute approximate surface area is 155 Å². The van der Waals surface area contributed by atoms with Gasteiger partial charge in [-0.2, -0.15) is 13.2 Å². The van der Waals surface area contributed by atoms with Gasteiger partial charge in [-0.1, -0.05) is 6.07 Å². The number of nitrogens with zero attached hydrogens (tertiary/aromatic N) is 4. The molecule has 0 bridgehead atoms. The monoisotopic (exact) mass is 399 g/mol. The van der Waals surface area contributed by atoms with Crippen molar-refractivity contribution >= 4 is 23.4 Å². The third kappa shape index (κ3) is 3.44. The minimum Gasteiger partial charge on any atom is -0.351 e. The second-order valence-electron chi connectivity index (χ2n) is 6.04. The van der Waals surface area contributed by atoms with Crippen LogP contribution in [0.15, 0.2) is 18.2 Å². The van der Waals surface area contributed by atoms with Crippen molar-refractivity contribution in [1.82, 2.24) is 9.97 Å². The highest BCUT2D eigenvalue weighted by molar-refractivity contribution is 5.99. The largest absolute Gasteiger partial charge is 0.433 e. The molecule has 1 aliphatic rings. The molecule has 1 aromatic heterocycles. The minimum absolute atomic E-state index is 0.0498. The summed E-state index contributed by atoms with van der Waals surface area (Å²) in [6.07, 6.45) is -3.49. The molecule has 28 heavy (non-hydrogen) atoms. The molecular formula is C16H13F4N5O3. The van der Waals surface area contributed by atoms with Crippen LogP contribution in [0.3, 0.4) is 0 Å². The zero-order valence-electron chi connectivity index (χ0n) is 14.2. The smallest absolute Gasteiger partial charge is 0.351 e. The van der Waals surface area contributed by atoms with Gasteiger partial charge in [-0.05, 0) is 31.7 Å². The van der Waals surface area contributed by atoms with Crippen LogP contribution in [0.25, 0.3) is 0 Å². The van der Waals surface area contributed by atoms with Gasteiger partial charge in [0.05, 0.1) is 4.92 Å². The number of benzene rings is 1. The number of carbonyl (C=O) groups is 1. The van der Waals surface area contributed by atoms with Gasteiger partial charge in [0.2, 0.25) is 5.95 Å². The number of hydrogen-bond donors (Lipinski definition) is 1. The minimum atomic E-state index is -4.86. The number of nitro groups is 1. The lowest BCUT2D eigenvalue weighted by Gasteiger charge is -2.24. The summed E-state index contributed by atoms with van der Waals surface area (Å²) in [4.78, 5) is 29.7. The van der Waals surface area contributed by atoms with Crippen molar-refractivity contribution in [3.8, 4) is 0 Å². The van der Waals surface area contributed by atoms with E-state index in [1.165, 1.54) is 0 Å². The zero-order chi connectivity index (χ0) is 20.6. The molecule has 1 aliphatic carbocycles. The van der Waals surface area contributed by atoms with Crippen molar-refractivity contribution in [2.45, 2.75) is 31.9 Å². The molecule has 0 radical (unpaired) electrons. The van der Waals surface area contributed by atoms with Crippen molar-refractivity contribution in [3.05, 3.63) is 51.1 Å². The van der Waals surface area contributed by atoms with Gasteiger partial charge in [0.15, 0.2) is 17.2 Å².